The summed E-state index contributed by atoms with van der Waals surface area (Å²) in [7, 11) is 0. The van der Waals surface area contributed by atoms with Gasteiger partial charge in [-0.25, -0.2) is 0 Å². The first-order chi connectivity index (χ1) is 8.60. The number of nitrogens with zero attached hydrogens (tertiary/aromatic N) is 1. The highest BCUT2D eigenvalue weighted by molar-refractivity contribution is 5.78. The summed E-state index contributed by atoms with van der Waals surface area (Å²) in [6.07, 6.45) is 3.16. The zero-order valence-corrected chi connectivity index (χ0v) is 12.1. The normalized spacial score (nSPS) is 25.4. The van der Waals surface area contributed by atoms with Crippen molar-refractivity contribution in [2.24, 2.45) is 17.6 Å². The van der Waals surface area contributed by atoms with E-state index in [1.807, 2.05) is 0 Å². The molecule has 0 aromatic heterocycles. The fourth-order valence-corrected chi connectivity index (χ4v) is 2.64. The second kappa shape index (κ2) is 7.74. The number of nitrogens with one attached hydrogen (secondary N) is 1. The maximum absolute atomic E-state index is 11.9. The van der Waals surface area contributed by atoms with Crippen molar-refractivity contribution < 1.29 is 4.79 Å². The number of hydrogen-bond acceptors (Lipinski definition) is 3. The maximum atomic E-state index is 11.9. The summed E-state index contributed by atoms with van der Waals surface area (Å²) in [4.78, 5) is 14.2. The predicted molar refractivity (Wildman–Crippen MR) is 75.3 cm³/mol. The molecule has 0 aromatic carbocycles. The van der Waals surface area contributed by atoms with Crippen LogP contribution in [0.4, 0.5) is 0 Å². The van der Waals surface area contributed by atoms with Crippen molar-refractivity contribution >= 4 is 5.91 Å². The van der Waals surface area contributed by atoms with Crippen molar-refractivity contribution in [2.75, 3.05) is 26.2 Å². The van der Waals surface area contributed by atoms with E-state index in [0.717, 1.165) is 38.9 Å². The first-order valence-corrected chi connectivity index (χ1v) is 7.32. The molecule has 18 heavy (non-hydrogen) atoms. The van der Waals surface area contributed by atoms with Crippen molar-refractivity contribution in [2.45, 2.75) is 46.1 Å². The molecule has 4 heteroatoms. The van der Waals surface area contributed by atoms with Gasteiger partial charge in [-0.2, -0.15) is 0 Å². The van der Waals surface area contributed by atoms with Gasteiger partial charge in [0.2, 0.25) is 5.91 Å². The first kappa shape index (κ1) is 15.4. The zero-order valence-electron chi connectivity index (χ0n) is 12.1. The largest absolute Gasteiger partial charge is 0.352 e. The van der Waals surface area contributed by atoms with Crippen LogP contribution in [0.2, 0.25) is 0 Å². The molecule has 0 radical (unpaired) electrons. The molecule has 1 aliphatic rings. The lowest BCUT2D eigenvalue weighted by molar-refractivity contribution is -0.123. The molecule has 0 saturated carbocycles. The summed E-state index contributed by atoms with van der Waals surface area (Å²) < 4.78 is 0. The highest BCUT2D eigenvalue weighted by Gasteiger charge is 2.26. The molecule has 3 N–H and O–H groups in total. The van der Waals surface area contributed by atoms with Gasteiger partial charge in [-0.1, -0.05) is 20.8 Å². The highest BCUT2D eigenvalue weighted by atomic mass is 16.2. The van der Waals surface area contributed by atoms with Gasteiger partial charge in [0.15, 0.2) is 0 Å². The second-order valence-corrected chi connectivity index (χ2v) is 5.58. The van der Waals surface area contributed by atoms with Crippen LogP contribution in [0.5, 0.6) is 0 Å². The summed E-state index contributed by atoms with van der Waals surface area (Å²) in [6.45, 7) is 9.73. The van der Waals surface area contributed by atoms with E-state index in [1.165, 1.54) is 0 Å². The van der Waals surface area contributed by atoms with Gasteiger partial charge in [-0.3, -0.25) is 9.69 Å². The van der Waals surface area contributed by atoms with Gasteiger partial charge in [-0.05, 0) is 44.2 Å². The number of nitrogens with two attached hydrogens (primary N) is 1. The van der Waals surface area contributed by atoms with Gasteiger partial charge < -0.3 is 11.1 Å². The molecule has 0 bridgehead atoms. The van der Waals surface area contributed by atoms with E-state index in [9.17, 15) is 4.79 Å². The number of hydrogen-bond donors (Lipinski definition) is 2. The fourth-order valence-electron chi connectivity index (χ4n) is 2.64. The summed E-state index contributed by atoms with van der Waals surface area (Å²) in [5.74, 6) is 1.39. The molecule has 1 fully saturated rings. The van der Waals surface area contributed by atoms with Gasteiger partial charge in [0, 0.05) is 12.6 Å². The van der Waals surface area contributed by atoms with Gasteiger partial charge in [0.1, 0.15) is 0 Å². The van der Waals surface area contributed by atoms with Crippen molar-refractivity contribution in [3.05, 3.63) is 0 Å². The molecule has 0 aliphatic carbocycles. The van der Waals surface area contributed by atoms with Crippen molar-refractivity contribution in [1.82, 2.24) is 10.2 Å². The lowest BCUT2D eigenvalue weighted by Crippen LogP contribution is -2.48. The third-order valence-electron chi connectivity index (χ3n) is 4.22. The SMILES string of the molecule is CCC(CC)NC(=O)CN1CCC(C)C(CN)C1. The molecular formula is C14H29N3O. The molecule has 106 valence electrons. The van der Waals surface area contributed by atoms with E-state index in [4.69, 9.17) is 5.73 Å². The van der Waals surface area contributed by atoms with E-state index in [-0.39, 0.29) is 5.91 Å². The van der Waals surface area contributed by atoms with Gasteiger partial charge in [0.25, 0.3) is 0 Å². The van der Waals surface area contributed by atoms with Crippen LogP contribution in [0.3, 0.4) is 0 Å². The topological polar surface area (TPSA) is 58.4 Å². The van der Waals surface area contributed by atoms with Gasteiger partial charge >= 0.3 is 0 Å². The van der Waals surface area contributed by atoms with Crippen molar-refractivity contribution in [3.63, 3.8) is 0 Å². The second-order valence-electron chi connectivity index (χ2n) is 5.58. The monoisotopic (exact) mass is 255 g/mol. The Balaban J connectivity index is 2.36. The van der Waals surface area contributed by atoms with E-state index < -0.39 is 0 Å². The average Bonchev–Trinajstić information content (AvgIpc) is 2.38. The van der Waals surface area contributed by atoms with Crippen molar-refractivity contribution in [1.29, 1.82) is 0 Å². The number of piperidine rings is 1. The van der Waals surface area contributed by atoms with Crippen LogP contribution in [-0.2, 0) is 4.79 Å². The lowest BCUT2D eigenvalue weighted by Gasteiger charge is -2.36. The minimum absolute atomic E-state index is 0.161. The Morgan fingerprint density at radius 1 is 1.44 bits per heavy atom. The van der Waals surface area contributed by atoms with E-state index >= 15 is 0 Å². The molecule has 1 saturated heterocycles. The van der Waals surface area contributed by atoms with Gasteiger partial charge in [0.05, 0.1) is 6.54 Å². The smallest absolute Gasteiger partial charge is 0.234 e. The Kier molecular flexibility index (Phi) is 6.65. The third kappa shape index (κ3) is 4.58. The van der Waals surface area contributed by atoms with Crippen LogP contribution in [0, 0.1) is 11.8 Å². The number of rotatable bonds is 6. The van der Waals surface area contributed by atoms with E-state index in [0.29, 0.717) is 24.4 Å². The third-order valence-corrected chi connectivity index (χ3v) is 4.22. The average molecular weight is 255 g/mol. The first-order valence-electron chi connectivity index (χ1n) is 7.32. The van der Waals surface area contributed by atoms with E-state index in [1.54, 1.807) is 0 Å². The van der Waals surface area contributed by atoms with Crippen LogP contribution >= 0.6 is 0 Å². The molecule has 1 aliphatic heterocycles. The minimum Gasteiger partial charge on any atom is -0.352 e. The Labute approximate surface area is 111 Å². The Bertz CT molecular complexity index is 253. The molecule has 2 atom stereocenters. The fraction of sp³-hybridized carbons (Fsp3) is 0.929. The summed E-state index contributed by atoms with van der Waals surface area (Å²) in [6, 6.07) is 0.325. The minimum atomic E-state index is 0.161. The molecule has 2 unspecified atom stereocenters. The molecule has 1 amide bonds. The molecule has 1 heterocycles. The van der Waals surface area contributed by atoms with Crippen LogP contribution in [-0.4, -0.2) is 43.0 Å². The standard InChI is InChI=1S/C14H29N3O/c1-4-13(5-2)16-14(18)10-17-7-6-11(3)12(8-15)9-17/h11-13H,4-10,15H2,1-3H3,(H,16,18). The molecular weight excluding hydrogens is 226 g/mol. The van der Waals surface area contributed by atoms with Crippen LogP contribution < -0.4 is 11.1 Å². The lowest BCUT2D eigenvalue weighted by atomic mass is 9.87. The number of amides is 1. The molecule has 4 nitrogen and oxygen atoms in total. The quantitative estimate of drug-likeness (QED) is 0.750. The van der Waals surface area contributed by atoms with Crippen LogP contribution in [0.1, 0.15) is 40.0 Å². The Hall–Kier alpha value is -0.610. The van der Waals surface area contributed by atoms with Gasteiger partial charge in [-0.15, -0.1) is 0 Å². The van der Waals surface area contributed by atoms with E-state index in [2.05, 4.69) is 31.0 Å². The molecule has 0 aromatic rings. The van der Waals surface area contributed by atoms with Crippen molar-refractivity contribution in [3.8, 4) is 0 Å². The summed E-state index contributed by atoms with van der Waals surface area (Å²) in [5, 5.41) is 3.10. The Morgan fingerprint density at radius 3 is 2.67 bits per heavy atom. The number of likely N-dealkylation sites (tertiary alicyclic amines) is 1. The van der Waals surface area contributed by atoms with Crippen LogP contribution in [0.15, 0.2) is 0 Å². The zero-order chi connectivity index (χ0) is 13.5. The predicted octanol–water partition coefficient (Wildman–Crippen LogP) is 1.21. The summed E-state index contributed by atoms with van der Waals surface area (Å²) in [5.41, 5.74) is 5.78. The highest BCUT2D eigenvalue weighted by Crippen LogP contribution is 2.21. The maximum Gasteiger partial charge on any atom is 0.234 e. The number of carbonyl (C=O) groups is 1. The molecule has 0 spiro atoms. The molecule has 1 rings (SSSR count). The van der Waals surface area contributed by atoms with Crippen LogP contribution in [0.25, 0.3) is 0 Å². The number of carbonyl (C=O) groups excluding carboxylic acids is 1. The Morgan fingerprint density at radius 2 is 2.11 bits per heavy atom. The summed E-state index contributed by atoms with van der Waals surface area (Å²) >= 11 is 0.